The minimum absolute atomic E-state index is 0.235. The number of aliphatic hydroxyl groups is 1. The Morgan fingerprint density at radius 3 is 2.56 bits per heavy atom. The molecule has 3 rings (SSSR count). The Bertz CT molecular complexity index is 1100. The van der Waals surface area contributed by atoms with Crippen LogP contribution < -0.4 is 20.7 Å². The van der Waals surface area contributed by atoms with Crippen LogP contribution >= 0.6 is 0 Å². The van der Waals surface area contributed by atoms with Gasteiger partial charge in [0.1, 0.15) is 11.9 Å². The van der Waals surface area contributed by atoms with Crippen molar-refractivity contribution >= 4 is 23.5 Å². The predicted molar refractivity (Wildman–Crippen MR) is 127 cm³/mol. The number of alkyl carbamates (subject to hydrolysis) is 1. The van der Waals surface area contributed by atoms with E-state index in [4.69, 9.17) is 13.9 Å². The predicted octanol–water partition coefficient (Wildman–Crippen LogP) is 4.55. The zero-order valence-electron chi connectivity index (χ0n) is 19.2. The number of anilines is 2. The smallest absolute Gasteiger partial charge is 0.407 e. The average molecular weight is 469 g/mol. The molecule has 3 amide bonds. The molecule has 0 spiro atoms. The number of nitrogens with one attached hydrogen (secondary N) is 3. The van der Waals surface area contributed by atoms with Gasteiger partial charge in [-0.3, -0.25) is 0 Å². The first-order valence-corrected chi connectivity index (χ1v) is 10.8. The maximum atomic E-state index is 12.5. The maximum Gasteiger partial charge on any atom is 0.407 e. The van der Waals surface area contributed by atoms with Crippen molar-refractivity contribution in [3.05, 3.63) is 60.6 Å². The van der Waals surface area contributed by atoms with Crippen molar-refractivity contribution in [1.29, 1.82) is 0 Å². The van der Waals surface area contributed by atoms with Gasteiger partial charge in [0.2, 0.25) is 0 Å². The lowest BCUT2D eigenvalue weighted by Crippen LogP contribution is -2.32. The SMILES string of the molecule is CC[C@@H](CO)OC(=O)N[C@@H](C)c1cccc(NC(=O)Nc2ccc(-c3cnco3)c(OC)c2)c1. The lowest BCUT2D eigenvalue weighted by atomic mass is 10.1. The molecule has 0 aliphatic rings. The highest BCUT2D eigenvalue weighted by Crippen LogP contribution is 2.32. The number of ether oxygens (including phenoxy) is 2. The van der Waals surface area contributed by atoms with Crippen LogP contribution in [0, 0.1) is 0 Å². The van der Waals surface area contributed by atoms with Gasteiger partial charge in [0.25, 0.3) is 0 Å². The number of benzene rings is 2. The van der Waals surface area contributed by atoms with E-state index < -0.39 is 18.2 Å². The van der Waals surface area contributed by atoms with Crippen molar-refractivity contribution in [1.82, 2.24) is 10.3 Å². The number of methoxy groups -OCH3 is 1. The molecule has 0 bridgehead atoms. The number of nitrogens with zero attached hydrogens (tertiary/aromatic N) is 1. The van der Waals surface area contributed by atoms with E-state index in [1.54, 1.807) is 49.5 Å². The molecule has 1 aromatic heterocycles. The molecule has 0 saturated heterocycles. The molecule has 3 aromatic rings. The summed E-state index contributed by atoms with van der Waals surface area (Å²) in [6, 6.07) is 11.4. The van der Waals surface area contributed by atoms with E-state index in [-0.39, 0.29) is 12.6 Å². The fourth-order valence-corrected chi connectivity index (χ4v) is 3.20. The molecule has 0 aliphatic carbocycles. The lowest BCUT2D eigenvalue weighted by molar-refractivity contribution is 0.0539. The number of oxazole rings is 1. The van der Waals surface area contributed by atoms with Crippen molar-refractivity contribution in [2.24, 2.45) is 0 Å². The van der Waals surface area contributed by atoms with E-state index in [2.05, 4.69) is 20.9 Å². The molecule has 0 saturated carbocycles. The molecule has 0 aliphatic heterocycles. The van der Waals surface area contributed by atoms with Crippen LogP contribution in [-0.4, -0.2) is 42.0 Å². The Balaban J connectivity index is 1.61. The quantitative estimate of drug-likeness (QED) is 0.362. The molecule has 10 heteroatoms. The van der Waals surface area contributed by atoms with Gasteiger partial charge in [0.15, 0.2) is 12.2 Å². The Hall–Kier alpha value is -4.05. The Kier molecular flexibility index (Phi) is 8.47. The van der Waals surface area contributed by atoms with E-state index in [1.807, 2.05) is 13.0 Å². The molecule has 1 heterocycles. The van der Waals surface area contributed by atoms with Crippen molar-refractivity contribution in [2.45, 2.75) is 32.4 Å². The van der Waals surface area contributed by atoms with Crippen molar-refractivity contribution in [3.8, 4) is 17.1 Å². The van der Waals surface area contributed by atoms with E-state index in [9.17, 15) is 14.7 Å². The van der Waals surface area contributed by atoms with Gasteiger partial charge in [-0.2, -0.15) is 0 Å². The van der Waals surface area contributed by atoms with Crippen molar-refractivity contribution in [3.63, 3.8) is 0 Å². The molecule has 2 aromatic carbocycles. The van der Waals surface area contributed by atoms with Crippen LogP contribution in [0.4, 0.5) is 21.0 Å². The number of aromatic nitrogens is 1. The van der Waals surface area contributed by atoms with Gasteiger partial charge >= 0.3 is 12.1 Å². The molecule has 10 nitrogen and oxygen atoms in total. The monoisotopic (exact) mass is 468 g/mol. The zero-order chi connectivity index (χ0) is 24.5. The molecule has 0 fully saturated rings. The number of hydrogen-bond acceptors (Lipinski definition) is 7. The lowest BCUT2D eigenvalue weighted by Gasteiger charge is -2.18. The zero-order valence-corrected chi connectivity index (χ0v) is 19.2. The summed E-state index contributed by atoms with van der Waals surface area (Å²) in [4.78, 5) is 28.5. The van der Waals surface area contributed by atoms with E-state index in [0.717, 1.165) is 5.56 Å². The van der Waals surface area contributed by atoms with Gasteiger partial charge in [-0.25, -0.2) is 14.6 Å². The molecule has 34 heavy (non-hydrogen) atoms. The van der Waals surface area contributed by atoms with Crippen LogP contribution in [0.25, 0.3) is 11.3 Å². The van der Waals surface area contributed by atoms with Gasteiger partial charge in [-0.15, -0.1) is 0 Å². The highest BCUT2D eigenvalue weighted by atomic mass is 16.6. The number of carbonyl (C=O) groups excluding carboxylic acids is 2. The van der Waals surface area contributed by atoms with Crippen LogP contribution in [0.2, 0.25) is 0 Å². The Morgan fingerprint density at radius 1 is 1.15 bits per heavy atom. The van der Waals surface area contributed by atoms with E-state index in [1.165, 1.54) is 13.5 Å². The minimum atomic E-state index is -0.618. The first-order chi connectivity index (χ1) is 16.4. The van der Waals surface area contributed by atoms with Crippen molar-refractivity contribution in [2.75, 3.05) is 24.4 Å². The largest absolute Gasteiger partial charge is 0.496 e. The third kappa shape index (κ3) is 6.48. The normalized spacial score (nSPS) is 12.4. The molecule has 0 unspecified atom stereocenters. The number of hydrogen-bond donors (Lipinski definition) is 4. The molecule has 4 N–H and O–H groups in total. The van der Waals surface area contributed by atoms with Gasteiger partial charge in [-0.1, -0.05) is 19.1 Å². The van der Waals surface area contributed by atoms with Crippen LogP contribution in [0.15, 0.2) is 59.5 Å². The number of urea groups is 1. The third-order valence-electron chi connectivity index (χ3n) is 5.07. The second-order valence-corrected chi connectivity index (χ2v) is 7.47. The summed E-state index contributed by atoms with van der Waals surface area (Å²) in [6.07, 6.45) is 2.26. The summed E-state index contributed by atoms with van der Waals surface area (Å²) in [5, 5.41) is 17.4. The first-order valence-electron chi connectivity index (χ1n) is 10.8. The number of carbonyl (C=O) groups is 2. The van der Waals surface area contributed by atoms with Gasteiger partial charge < -0.3 is 34.9 Å². The second kappa shape index (κ2) is 11.7. The number of amides is 3. The highest BCUT2D eigenvalue weighted by Gasteiger charge is 2.16. The average Bonchev–Trinajstić information content (AvgIpc) is 3.37. The van der Waals surface area contributed by atoms with Gasteiger partial charge in [0.05, 0.1) is 31.5 Å². The molecule has 2 atom stereocenters. The van der Waals surface area contributed by atoms with Crippen molar-refractivity contribution < 1.29 is 28.6 Å². The van der Waals surface area contributed by atoms with E-state index in [0.29, 0.717) is 34.9 Å². The number of rotatable bonds is 9. The van der Waals surface area contributed by atoms with E-state index >= 15 is 0 Å². The fraction of sp³-hybridized carbons (Fsp3) is 0.292. The summed E-state index contributed by atoms with van der Waals surface area (Å²) in [5.41, 5.74) is 2.55. The molecular formula is C24H28N4O6. The highest BCUT2D eigenvalue weighted by molar-refractivity contribution is 6.00. The van der Waals surface area contributed by atoms with Crippen LogP contribution in [0.5, 0.6) is 5.75 Å². The topological polar surface area (TPSA) is 135 Å². The molecule has 0 radical (unpaired) electrons. The summed E-state index contributed by atoms with van der Waals surface area (Å²) in [7, 11) is 1.53. The second-order valence-electron chi connectivity index (χ2n) is 7.47. The number of aliphatic hydroxyl groups excluding tert-OH is 1. The molecular weight excluding hydrogens is 440 g/mol. The fourth-order valence-electron chi connectivity index (χ4n) is 3.20. The van der Waals surface area contributed by atoms with Gasteiger partial charge in [0, 0.05) is 17.4 Å². The molecule has 180 valence electrons. The summed E-state index contributed by atoms with van der Waals surface area (Å²) >= 11 is 0. The Labute approximate surface area is 197 Å². The summed E-state index contributed by atoms with van der Waals surface area (Å²) in [6.45, 7) is 3.38. The summed E-state index contributed by atoms with van der Waals surface area (Å²) in [5.74, 6) is 1.08. The first kappa shape index (κ1) is 24.6. The van der Waals surface area contributed by atoms with Gasteiger partial charge in [-0.05, 0) is 43.2 Å². The summed E-state index contributed by atoms with van der Waals surface area (Å²) < 4.78 is 15.9. The van der Waals surface area contributed by atoms with Crippen LogP contribution in [0.3, 0.4) is 0 Å². The minimum Gasteiger partial charge on any atom is -0.496 e. The van der Waals surface area contributed by atoms with Crippen LogP contribution in [0.1, 0.15) is 31.9 Å². The van der Waals surface area contributed by atoms with Crippen LogP contribution in [-0.2, 0) is 4.74 Å². The Morgan fingerprint density at radius 2 is 1.91 bits per heavy atom. The standard InChI is InChI=1S/C24H28N4O6/c1-4-19(13-29)34-24(31)26-15(2)16-6-5-7-17(10-16)27-23(30)28-18-8-9-20(21(11-18)32-3)22-12-25-14-33-22/h5-12,14-15,19,29H,4,13H2,1-3H3,(H,26,31)(H2,27,28,30)/t15-,19-/m0/s1. The third-order valence-corrected chi connectivity index (χ3v) is 5.07. The maximum absolute atomic E-state index is 12.5.